The summed E-state index contributed by atoms with van der Waals surface area (Å²) < 4.78 is 15.0. The highest BCUT2D eigenvalue weighted by Crippen LogP contribution is 2.05. The van der Waals surface area contributed by atoms with Crippen LogP contribution in [0.3, 0.4) is 0 Å². The van der Waals surface area contributed by atoms with Crippen molar-refractivity contribution in [3.63, 3.8) is 0 Å². The second-order valence-corrected chi connectivity index (χ2v) is 3.22. The molecule has 0 radical (unpaired) electrons. The molecule has 0 aromatic carbocycles. The Morgan fingerprint density at radius 1 is 1.00 bits per heavy atom. The Labute approximate surface area is 79.2 Å². The Balaban J connectivity index is 4.10. The van der Waals surface area contributed by atoms with Crippen molar-refractivity contribution in [3.8, 4) is 0 Å². The third-order valence-corrected chi connectivity index (χ3v) is 1.19. The lowest BCUT2D eigenvalue weighted by molar-refractivity contribution is -0.209. The molecule has 0 saturated carbocycles. The molecule has 0 aliphatic heterocycles. The highest BCUT2D eigenvalue weighted by molar-refractivity contribution is 5.73. The zero-order valence-electron chi connectivity index (χ0n) is 8.87. The van der Waals surface area contributed by atoms with Gasteiger partial charge in [0, 0.05) is 0 Å². The van der Waals surface area contributed by atoms with Gasteiger partial charge in [-0.2, -0.15) is 0 Å². The summed E-state index contributed by atoms with van der Waals surface area (Å²) in [7, 11) is 1.31. The average molecular weight is 190 g/mol. The fourth-order valence-electron chi connectivity index (χ4n) is 0.734. The molecule has 4 heteroatoms. The molecule has 0 unspecified atom stereocenters. The quantitative estimate of drug-likeness (QED) is 0.484. The van der Waals surface area contributed by atoms with Gasteiger partial charge < -0.3 is 14.2 Å². The van der Waals surface area contributed by atoms with Gasteiger partial charge >= 0.3 is 5.97 Å². The number of esters is 1. The standard InChI is InChI=1S/C9H18O4/c1-6(2)12-9(8(10)11-5)13-7(3)4/h6-7,9H,1-5H3. The van der Waals surface area contributed by atoms with Gasteiger partial charge in [-0.05, 0) is 27.7 Å². The molecule has 0 fully saturated rings. The van der Waals surface area contributed by atoms with Crippen LogP contribution in [0.4, 0.5) is 0 Å². The van der Waals surface area contributed by atoms with Gasteiger partial charge in [-0.3, -0.25) is 0 Å². The summed E-state index contributed by atoms with van der Waals surface area (Å²) in [5, 5.41) is 0. The summed E-state index contributed by atoms with van der Waals surface area (Å²) in [5.74, 6) is -0.498. The van der Waals surface area contributed by atoms with Gasteiger partial charge in [-0.25, -0.2) is 4.79 Å². The third-order valence-electron chi connectivity index (χ3n) is 1.19. The maximum atomic E-state index is 11.1. The summed E-state index contributed by atoms with van der Waals surface area (Å²) in [4.78, 5) is 11.1. The maximum absolute atomic E-state index is 11.1. The number of hydrogen-bond acceptors (Lipinski definition) is 4. The molecule has 78 valence electrons. The molecule has 0 aromatic heterocycles. The van der Waals surface area contributed by atoms with E-state index in [1.165, 1.54) is 7.11 Å². The number of rotatable bonds is 5. The van der Waals surface area contributed by atoms with E-state index < -0.39 is 12.3 Å². The summed E-state index contributed by atoms with van der Waals surface area (Å²) >= 11 is 0. The van der Waals surface area contributed by atoms with E-state index in [-0.39, 0.29) is 12.2 Å². The van der Waals surface area contributed by atoms with Gasteiger partial charge in [0.1, 0.15) is 0 Å². The van der Waals surface area contributed by atoms with Gasteiger partial charge in [-0.1, -0.05) is 0 Å². The molecule has 0 atom stereocenters. The first-order valence-corrected chi connectivity index (χ1v) is 4.36. The van der Waals surface area contributed by atoms with Crippen molar-refractivity contribution in [1.82, 2.24) is 0 Å². The van der Waals surface area contributed by atoms with Gasteiger partial charge in [0.15, 0.2) is 0 Å². The Morgan fingerprint density at radius 2 is 1.38 bits per heavy atom. The molecule has 0 bridgehead atoms. The topological polar surface area (TPSA) is 44.8 Å². The monoisotopic (exact) mass is 190 g/mol. The van der Waals surface area contributed by atoms with E-state index in [1.54, 1.807) is 0 Å². The van der Waals surface area contributed by atoms with Gasteiger partial charge in [-0.15, -0.1) is 0 Å². The maximum Gasteiger partial charge on any atom is 0.363 e. The zero-order valence-corrected chi connectivity index (χ0v) is 8.87. The van der Waals surface area contributed by atoms with Crippen molar-refractivity contribution in [2.45, 2.75) is 46.2 Å². The first-order chi connectivity index (χ1) is 5.97. The Hall–Kier alpha value is -0.610. The highest BCUT2D eigenvalue weighted by Gasteiger charge is 2.22. The van der Waals surface area contributed by atoms with Crippen LogP contribution < -0.4 is 0 Å². The molecule has 0 aliphatic rings. The molecule has 0 spiro atoms. The number of carbonyl (C=O) groups excluding carboxylic acids is 1. The minimum Gasteiger partial charge on any atom is -0.465 e. The van der Waals surface area contributed by atoms with Crippen LogP contribution in [-0.4, -0.2) is 31.6 Å². The Morgan fingerprint density at radius 3 is 1.62 bits per heavy atom. The molecular formula is C9H18O4. The molecule has 0 aliphatic carbocycles. The van der Waals surface area contributed by atoms with E-state index in [2.05, 4.69) is 4.74 Å². The van der Waals surface area contributed by atoms with Crippen molar-refractivity contribution >= 4 is 5.97 Å². The van der Waals surface area contributed by atoms with Crippen LogP contribution in [0.2, 0.25) is 0 Å². The van der Waals surface area contributed by atoms with E-state index in [9.17, 15) is 4.79 Å². The average Bonchev–Trinajstić information content (AvgIpc) is 2.00. The van der Waals surface area contributed by atoms with Crippen molar-refractivity contribution < 1.29 is 19.0 Å². The normalized spacial score (nSPS) is 11.4. The van der Waals surface area contributed by atoms with Crippen LogP contribution in [0.5, 0.6) is 0 Å². The summed E-state index contributed by atoms with van der Waals surface area (Å²) in [6.07, 6.45) is -1.05. The number of methoxy groups -OCH3 is 1. The Kier molecular flexibility index (Phi) is 5.66. The van der Waals surface area contributed by atoms with E-state index in [0.717, 1.165) is 0 Å². The fraction of sp³-hybridized carbons (Fsp3) is 0.889. The van der Waals surface area contributed by atoms with E-state index in [0.29, 0.717) is 0 Å². The van der Waals surface area contributed by atoms with Gasteiger partial charge in [0.2, 0.25) is 0 Å². The molecule has 0 heterocycles. The number of hydrogen-bond donors (Lipinski definition) is 0. The minimum absolute atomic E-state index is 0.0668. The van der Waals surface area contributed by atoms with Crippen LogP contribution >= 0.6 is 0 Å². The lowest BCUT2D eigenvalue weighted by Gasteiger charge is -2.20. The molecule has 0 saturated heterocycles. The second-order valence-electron chi connectivity index (χ2n) is 3.22. The molecule has 0 amide bonds. The highest BCUT2D eigenvalue weighted by atomic mass is 16.7. The van der Waals surface area contributed by atoms with Crippen LogP contribution in [0, 0.1) is 0 Å². The molecule has 4 nitrogen and oxygen atoms in total. The summed E-state index contributed by atoms with van der Waals surface area (Å²) in [5.41, 5.74) is 0. The first-order valence-electron chi connectivity index (χ1n) is 4.36. The zero-order chi connectivity index (χ0) is 10.4. The molecule has 0 aromatic rings. The molecule has 0 rings (SSSR count). The van der Waals surface area contributed by atoms with Gasteiger partial charge in [0.05, 0.1) is 19.3 Å². The Bertz CT molecular complexity index is 144. The SMILES string of the molecule is COC(=O)C(OC(C)C)OC(C)C. The summed E-state index contributed by atoms with van der Waals surface area (Å²) in [6.45, 7) is 7.33. The van der Waals surface area contributed by atoms with Crippen LogP contribution in [0.15, 0.2) is 0 Å². The van der Waals surface area contributed by atoms with Crippen molar-refractivity contribution in [3.05, 3.63) is 0 Å². The van der Waals surface area contributed by atoms with Crippen molar-refractivity contribution in [2.75, 3.05) is 7.11 Å². The molecular weight excluding hydrogens is 172 g/mol. The smallest absolute Gasteiger partial charge is 0.363 e. The summed E-state index contributed by atoms with van der Waals surface area (Å²) in [6, 6.07) is 0. The van der Waals surface area contributed by atoms with Gasteiger partial charge in [0.25, 0.3) is 6.29 Å². The van der Waals surface area contributed by atoms with E-state index >= 15 is 0 Å². The van der Waals surface area contributed by atoms with Crippen LogP contribution in [0.25, 0.3) is 0 Å². The van der Waals surface area contributed by atoms with E-state index in [1.807, 2.05) is 27.7 Å². The fourth-order valence-corrected chi connectivity index (χ4v) is 0.734. The third kappa shape index (κ3) is 5.60. The predicted molar refractivity (Wildman–Crippen MR) is 48.2 cm³/mol. The van der Waals surface area contributed by atoms with E-state index in [4.69, 9.17) is 9.47 Å². The largest absolute Gasteiger partial charge is 0.465 e. The van der Waals surface area contributed by atoms with Crippen molar-refractivity contribution in [1.29, 1.82) is 0 Å². The van der Waals surface area contributed by atoms with Crippen molar-refractivity contribution in [2.24, 2.45) is 0 Å². The number of carbonyl (C=O) groups is 1. The first kappa shape index (κ1) is 12.4. The lowest BCUT2D eigenvalue weighted by atomic mass is 10.4. The lowest BCUT2D eigenvalue weighted by Crippen LogP contribution is -2.33. The van der Waals surface area contributed by atoms with Crippen LogP contribution in [0.1, 0.15) is 27.7 Å². The predicted octanol–water partition coefficient (Wildman–Crippen LogP) is 1.34. The minimum atomic E-state index is -0.912. The number of ether oxygens (including phenoxy) is 3. The molecule has 13 heavy (non-hydrogen) atoms. The second kappa shape index (κ2) is 5.94. The van der Waals surface area contributed by atoms with Crippen LogP contribution in [-0.2, 0) is 19.0 Å². The molecule has 0 N–H and O–H groups in total.